The van der Waals surface area contributed by atoms with Gasteiger partial charge in [0.2, 0.25) is 0 Å². The van der Waals surface area contributed by atoms with Crippen molar-refractivity contribution >= 4 is 44.4 Å². The van der Waals surface area contributed by atoms with Crippen molar-refractivity contribution < 1.29 is 19.4 Å². The third kappa shape index (κ3) is 4.37. The first-order valence-electron chi connectivity index (χ1n) is 8.00. The van der Waals surface area contributed by atoms with Crippen LogP contribution in [0.25, 0.3) is 10.2 Å². The monoisotopic (exact) mass is 364 g/mol. The van der Waals surface area contributed by atoms with E-state index in [-0.39, 0.29) is 19.0 Å². The van der Waals surface area contributed by atoms with Crippen LogP contribution in [0, 0.1) is 0 Å². The predicted molar refractivity (Wildman–Crippen MR) is 96.6 cm³/mol. The number of benzene rings is 1. The van der Waals surface area contributed by atoms with E-state index >= 15 is 0 Å². The fourth-order valence-electron chi connectivity index (χ4n) is 2.46. The van der Waals surface area contributed by atoms with Crippen molar-refractivity contribution in [2.75, 3.05) is 50.1 Å². The molecule has 0 aliphatic carbocycles. The minimum Gasteiger partial charge on any atom is -0.481 e. The highest BCUT2D eigenvalue weighted by atomic mass is 32.1. The fourth-order valence-corrected chi connectivity index (χ4v) is 3.52. The van der Waals surface area contributed by atoms with Crippen LogP contribution in [0.4, 0.5) is 15.6 Å². The van der Waals surface area contributed by atoms with Crippen molar-refractivity contribution in [3.8, 4) is 0 Å². The van der Waals surface area contributed by atoms with Gasteiger partial charge in [0.05, 0.1) is 29.9 Å². The van der Waals surface area contributed by atoms with Gasteiger partial charge in [0, 0.05) is 32.4 Å². The molecule has 0 spiro atoms. The van der Waals surface area contributed by atoms with Crippen molar-refractivity contribution in [1.82, 2.24) is 9.88 Å². The average Bonchev–Trinajstić information content (AvgIpc) is 3.03. The quantitative estimate of drug-likeness (QED) is 0.843. The van der Waals surface area contributed by atoms with Crippen LogP contribution in [0.15, 0.2) is 18.2 Å². The molecule has 0 atom stereocenters. The number of aliphatic carboxylic acids is 1. The molecule has 1 aliphatic rings. The maximum Gasteiger partial charge on any atom is 0.321 e. The summed E-state index contributed by atoms with van der Waals surface area (Å²) < 4.78 is 6.35. The topological polar surface area (TPSA) is 95.0 Å². The Balaban J connectivity index is 1.68. The maximum absolute atomic E-state index is 12.1. The van der Waals surface area contributed by atoms with Crippen molar-refractivity contribution in [2.24, 2.45) is 0 Å². The molecule has 8 nitrogen and oxygen atoms in total. The van der Waals surface area contributed by atoms with Gasteiger partial charge in [0.15, 0.2) is 5.13 Å². The van der Waals surface area contributed by atoms with Crippen molar-refractivity contribution in [3.63, 3.8) is 0 Å². The number of morpholine rings is 1. The van der Waals surface area contributed by atoms with E-state index in [2.05, 4.69) is 15.2 Å². The third-order valence-electron chi connectivity index (χ3n) is 3.92. The molecule has 1 aromatic heterocycles. The molecule has 0 saturated carbocycles. The summed E-state index contributed by atoms with van der Waals surface area (Å²) in [6, 6.07) is 5.23. The first kappa shape index (κ1) is 17.4. The molecule has 1 aliphatic heterocycles. The second-order valence-electron chi connectivity index (χ2n) is 5.77. The summed E-state index contributed by atoms with van der Waals surface area (Å²) in [6.07, 6.45) is -0.0826. The van der Waals surface area contributed by atoms with Gasteiger partial charge in [-0.1, -0.05) is 11.3 Å². The van der Waals surface area contributed by atoms with E-state index in [1.54, 1.807) is 24.5 Å². The molecule has 2 amide bonds. The number of rotatable bonds is 5. The Bertz CT molecular complexity index is 773. The van der Waals surface area contributed by atoms with Crippen LogP contribution in [0.3, 0.4) is 0 Å². The molecule has 0 unspecified atom stereocenters. The summed E-state index contributed by atoms with van der Waals surface area (Å²) in [6.45, 7) is 3.24. The number of aromatic nitrogens is 1. The predicted octanol–water partition coefficient (Wildman–Crippen LogP) is 2.07. The molecule has 2 N–H and O–H groups in total. The van der Waals surface area contributed by atoms with Crippen LogP contribution in [0.2, 0.25) is 0 Å². The number of amides is 2. The molecule has 9 heteroatoms. The highest BCUT2D eigenvalue weighted by molar-refractivity contribution is 7.22. The Morgan fingerprint density at radius 1 is 1.40 bits per heavy atom. The second kappa shape index (κ2) is 7.66. The number of carbonyl (C=O) groups is 2. The number of urea groups is 1. The third-order valence-corrected chi connectivity index (χ3v) is 5.00. The van der Waals surface area contributed by atoms with Crippen LogP contribution in [-0.4, -0.2) is 66.9 Å². The van der Waals surface area contributed by atoms with E-state index in [1.807, 2.05) is 12.1 Å². The van der Waals surface area contributed by atoms with Crippen LogP contribution < -0.4 is 10.2 Å². The molecular weight excluding hydrogens is 344 g/mol. The van der Waals surface area contributed by atoms with E-state index in [1.165, 1.54) is 4.90 Å². The largest absolute Gasteiger partial charge is 0.481 e. The molecule has 2 aromatic rings. The number of hydrogen-bond donors (Lipinski definition) is 2. The second-order valence-corrected chi connectivity index (χ2v) is 6.78. The van der Waals surface area contributed by atoms with Gasteiger partial charge in [-0.15, -0.1) is 0 Å². The smallest absolute Gasteiger partial charge is 0.321 e. The number of nitrogens with one attached hydrogen (secondary N) is 1. The SMILES string of the molecule is CN(CCC(=O)O)C(=O)Nc1ccc2nc(N3CCOCC3)sc2c1. The maximum atomic E-state index is 12.1. The lowest BCUT2D eigenvalue weighted by molar-refractivity contribution is -0.137. The van der Waals surface area contributed by atoms with Gasteiger partial charge < -0.3 is 25.0 Å². The van der Waals surface area contributed by atoms with E-state index < -0.39 is 5.97 Å². The zero-order valence-electron chi connectivity index (χ0n) is 13.9. The highest BCUT2D eigenvalue weighted by Crippen LogP contribution is 2.31. The highest BCUT2D eigenvalue weighted by Gasteiger charge is 2.16. The molecular formula is C16H20N4O4S. The van der Waals surface area contributed by atoms with Gasteiger partial charge in [0.25, 0.3) is 0 Å². The Hall–Kier alpha value is -2.39. The number of anilines is 2. The van der Waals surface area contributed by atoms with Gasteiger partial charge in [-0.05, 0) is 18.2 Å². The molecule has 1 aromatic carbocycles. The van der Waals surface area contributed by atoms with Crippen LogP contribution in [0.5, 0.6) is 0 Å². The van der Waals surface area contributed by atoms with Crippen LogP contribution in [-0.2, 0) is 9.53 Å². The lowest BCUT2D eigenvalue weighted by Gasteiger charge is -2.25. The number of fused-ring (bicyclic) bond motifs is 1. The Morgan fingerprint density at radius 3 is 2.88 bits per heavy atom. The summed E-state index contributed by atoms with van der Waals surface area (Å²) in [4.78, 5) is 30.9. The van der Waals surface area contributed by atoms with Crippen molar-refractivity contribution in [3.05, 3.63) is 18.2 Å². The fraction of sp³-hybridized carbons (Fsp3) is 0.438. The average molecular weight is 364 g/mol. The number of carbonyl (C=O) groups excluding carboxylic acids is 1. The van der Waals surface area contributed by atoms with E-state index in [0.717, 1.165) is 28.4 Å². The van der Waals surface area contributed by atoms with Gasteiger partial charge in [-0.3, -0.25) is 4.79 Å². The molecule has 25 heavy (non-hydrogen) atoms. The molecule has 0 bridgehead atoms. The molecule has 0 radical (unpaired) electrons. The van der Waals surface area contributed by atoms with Crippen LogP contribution in [0.1, 0.15) is 6.42 Å². The van der Waals surface area contributed by atoms with Crippen molar-refractivity contribution in [1.29, 1.82) is 0 Å². The van der Waals surface area contributed by atoms with E-state index in [9.17, 15) is 9.59 Å². The Labute approximate surface area is 149 Å². The minimum absolute atomic E-state index is 0.0826. The van der Waals surface area contributed by atoms with Gasteiger partial charge in [-0.2, -0.15) is 0 Å². The Morgan fingerprint density at radius 2 is 2.16 bits per heavy atom. The summed E-state index contributed by atoms with van der Waals surface area (Å²) in [5.41, 5.74) is 1.56. The van der Waals surface area contributed by atoms with Crippen molar-refractivity contribution in [2.45, 2.75) is 6.42 Å². The lowest BCUT2D eigenvalue weighted by Crippen LogP contribution is -2.36. The van der Waals surface area contributed by atoms with E-state index in [0.29, 0.717) is 18.9 Å². The lowest BCUT2D eigenvalue weighted by atomic mass is 10.3. The van der Waals surface area contributed by atoms with Gasteiger partial charge in [0.1, 0.15) is 0 Å². The van der Waals surface area contributed by atoms with Gasteiger partial charge >= 0.3 is 12.0 Å². The van der Waals surface area contributed by atoms with E-state index in [4.69, 9.17) is 9.84 Å². The number of ether oxygens (including phenoxy) is 1. The number of thiazole rings is 1. The van der Waals surface area contributed by atoms with Crippen LogP contribution >= 0.6 is 11.3 Å². The molecule has 1 saturated heterocycles. The zero-order valence-corrected chi connectivity index (χ0v) is 14.7. The standard InChI is InChI=1S/C16H20N4O4S/c1-19(5-4-14(21)22)15(23)17-11-2-3-12-13(10-11)25-16(18-12)20-6-8-24-9-7-20/h2-3,10H,4-9H2,1H3,(H,17,23)(H,21,22). The first-order chi connectivity index (χ1) is 12.0. The first-order valence-corrected chi connectivity index (χ1v) is 8.82. The number of nitrogens with zero attached hydrogens (tertiary/aromatic N) is 3. The summed E-state index contributed by atoms with van der Waals surface area (Å²) in [5.74, 6) is -0.929. The van der Waals surface area contributed by atoms with Gasteiger partial charge in [-0.25, -0.2) is 9.78 Å². The molecule has 1 fully saturated rings. The summed E-state index contributed by atoms with van der Waals surface area (Å²) in [7, 11) is 1.57. The normalized spacial score (nSPS) is 14.5. The number of carboxylic acid groups (broad SMARTS) is 1. The summed E-state index contributed by atoms with van der Waals surface area (Å²) >= 11 is 1.58. The summed E-state index contributed by atoms with van der Waals surface area (Å²) in [5, 5.41) is 12.4. The zero-order chi connectivity index (χ0) is 17.8. The molecule has 3 rings (SSSR count). The molecule has 2 heterocycles. The minimum atomic E-state index is -0.929. The molecule has 134 valence electrons. The Kier molecular flexibility index (Phi) is 5.34. The number of hydrogen-bond acceptors (Lipinski definition) is 6. The number of carboxylic acids is 1.